The number of hydrogen-bond donors (Lipinski definition) is 3. The average Bonchev–Trinajstić information content (AvgIpc) is 3.23. The normalized spacial score (nSPS) is 17.3. The zero-order chi connectivity index (χ0) is 31.5. The molecular formula is C31H42N6O6. The Hall–Kier alpha value is -4.35. The molecule has 0 saturated carbocycles. The van der Waals surface area contributed by atoms with Crippen molar-refractivity contribution in [1.29, 1.82) is 0 Å². The molecule has 3 aromatic heterocycles. The molecule has 1 aliphatic rings. The lowest BCUT2D eigenvalue weighted by Gasteiger charge is -2.39. The number of aryl methyl sites for hydroxylation is 1. The maximum Gasteiger partial charge on any atom is 0.414 e. The van der Waals surface area contributed by atoms with Crippen LogP contribution in [0.1, 0.15) is 77.7 Å². The Balaban J connectivity index is 1.61. The van der Waals surface area contributed by atoms with Crippen molar-refractivity contribution in [2.24, 2.45) is 5.92 Å². The number of piperidine rings is 1. The van der Waals surface area contributed by atoms with Crippen LogP contribution < -0.4 is 20.9 Å². The van der Waals surface area contributed by atoms with Crippen LogP contribution in [0.5, 0.6) is 0 Å². The molecule has 1 saturated heterocycles. The molecule has 4 rings (SSSR count). The highest BCUT2D eigenvalue weighted by atomic mass is 16.6. The van der Waals surface area contributed by atoms with Crippen molar-refractivity contribution in [3.05, 3.63) is 41.9 Å². The Bertz CT molecular complexity index is 1490. The Morgan fingerprint density at radius 1 is 1.02 bits per heavy atom. The molecule has 232 valence electrons. The molecule has 0 aliphatic carbocycles. The minimum Gasteiger partial charge on any atom is -0.444 e. The molecule has 12 heteroatoms. The second kappa shape index (κ2) is 12.5. The Kier molecular flexibility index (Phi) is 9.17. The molecule has 43 heavy (non-hydrogen) atoms. The van der Waals surface area contributed by atoms with Crippen LogP contribution >= 0.6 is 0 Å². The van der Waals surface area contributed by atoms with Crippen molar-refractivity contribution in [2.75, 3.05) is 28.6 Å². The largest absolute Gasteiger partial charge is 0.444 e. The standard InChI is InChI=1S/C31H42N6O6/c1-9-19-13-23-25(33-14-19)24(27(41-23)36-29(40)43-31(6,7)8)26(38)35-21-15-32-11-10-22(21)37-16-18(2)12-20(17-37)34-28(39)42-30(3,4)5/h10-11,13-15,18,20H,9,12,16-17H2,1-8H3,(H,34,39)(H,35,38)(H,36,40). The smallest absolute Gasteiger partial charge is 0.414 e. The number of amides is 3. The summed E-state index contributed by atoms with van der Waals surface area (Å²) in [5.74, 6) is -0.352. The van der Waals surface area contributed by atoms with E-state index in [1.54, 1.807) is 45.4 Å². The zero-order valence-electron chi connectivity index (χ0n) is 26.2. The number of fused-ring (bicyclic) bond motifs is 1. The van der Waals surface area contributed by atoms with Crippen LogP contribution in [0.3, 0.4) is 0 Å². The van der Waals surface area contributed by atoms with E-state index in [-0.39, 0.29) is 23.4 Å². The number of alkyl carbamates (subject to hydrolysis) is 1. The monoisotopic (exact) mass is 594 g/mol. The maximum absolute atomic E-state index is 13.9. The zero-order valence-corrected chi connectivity index (χ0v) is 26.2. The van der Waals surface area contributed by atoms with Crippen molar-refractivity contribution in [3.8, 4) is 0 Å². The van der Waals surface area contributed by atoms with Gasteiger partial charge in [0.25, 0.3) is 5.91 Å². The highest BCUT2D eigenvalue weighted by Gasteiger charge is 2.31. The summed E-state index contributed by atoms with van der Waals surface area (Å²) in [4.78, 5) is 49.8. The van der Waals surface area contributed by atoms with Gasteiger partial charge in [0.05, 0.1) is 17.6 Å². The predicted octanol–water partition coefficient (Wildman–Crippen LogP) is 6.12. The number of carbonyl (C=O) groups is 3. The second-order valence-electron chi connectivity index (χ2n) is 12.9. The van der Waals surface area contributed by atoms with Crippen molar-refractivity contribution >= 4 is 46.5 Å². The summed E-state index contributed by atoms with van der Waals surface area (Å²) in [6, 6.07) is 3.45. The fourth-order valence-electron chi connectivity index (χ4n) is 4.98. The van der Waals surface area contributed by atoms with Crippen LogP contribution in [0.2, 0.25) is 0 Å². The van der Waals surface area contributed by atoms with Gasteiger partial charge in [0.1, 0.15) is 22.3 Å². The summed E-state index contributed by atoms with van der Waals surface area (Å²) >= 11 is 0. The summed E-state index contributed by atoms with van der Waals surface area (Å²) < 4.78 is 16.8. The molecule has 12 nitrogen and oxygen atoms in total. The minimum absolute atomic E-state index is 0.0646. The molecule has 1 aliphatic heterocycles. The first-order valence-electron chi connectivity index (χ1n) is 14.5. The fraction of sp³-hybridized carbons (Fsp3) is 0.516. The van der Waals surface area contributed by atoms with Gasteiger partial charge < -0.3 is 29.4 Å². The van der Waals surface area contributed by atoms with Crippen LogP contribution in [0, 0.1) is 5.92 Å². The van der Waals surface area contributed by atoms with Crippen molar-refractivity contribution in [2.45, 2.75) is 85.5 Å². The molecule has 3 aromatic rings. The van der Waals surface area contributed by atoms with E-state index in [0.29, 0.717) is 29.9 Å². The first-order chi connectivity index (χ1) is 20.1. The van der Waals surface area contributed by atoms with E-state index >= 15 is 0 Å². The van der Waals surface area contributed by atoms with E-state index in [2.05, 4.69) is 37.7 Å². The molecule has 2 atom stereocenters. The van der Waals surface area contributed by atoms with Crippen LogP contribution in [0.15, 0.2) is 35.1 Å². The van der Waals surface area contributed by atoms with Crippen LogP contribution in [-0.4, -0.2) is 58.4 Å². The Morgan fingerprint density at radius 2 is 1.72 bits per heavy atom. The van der Waals surface area contributed by atoms with Gasteiger partial charge in [-0.3, -0.25) is 20.1 Å². The third-order valence-electron chi connectivity index (χ3n) is 6.60. The number of ether oxygens (including phenoxy) is 2. The van der Waals surface area contributed by atoms with E-state index in [1.807, 2.05) is 33.8 Å². The van der Waals surface area contributed by atoms with Gasteiger partial charge in [-0.15, -0.1) is 0 Å². The van der Waals surface area contributed by atoms with Crippen molar-refractivity contribution < 1.29 is 28.3 Å². The minimum atomic E-state index is -0.760. The molecular weight excluding hydrogens is 552 g/mol. The van der Waals surface area contributed by atoms with Crippen molar-refractivity contribution in [3.63, 3.8) is 0 Å². The van der Waals surface area contributed by atoms with Gasteiger partial charge in [-0.1, -0.05) is 13.8 Å². The number of anilines is 3. The third-order valence-corrected chi connectivity index (χ3v) is 6.60. The lowest BCUT2D eigenvalue weighted by molar-refractivity contribution is 0.0494. The van der Waals surface area contributed by atoms with Gasteiger partial charge in [-0.25, -0.2) is 9.59 Å². The van der Waals surface area contributed by atoms with Gasteiger partial charge in [-0.2, -0.15) is 0 Å². The highest BCUT2D eigenvalue weighted by molar-refractivity contribution is 6.16. The summed E-state index contributed by atoms with van der Waals surface area (Å²) in [5.41, 5.74) is 1.49. The van der Waals surface area contributed by atoms with Gasteiger partial charge in [0.15, 0.2) is 5.58 Å². The van der Waals surface area contributed by atoms with E-state index < -0.39 is 29.3 Å². The summed E-state index contributed by atoms with van der Waals surface area (Å²) in [6.45, 7) is 16.0. The van der Waals surface area contributed by atoms with Crippen molar-refractivity contribution in [1.82, 2.24) is 15.3 Å². The average molecular weight is 595 g/mol. The molecule has 0 radical (unpaired) electrons. The molecule has 3 amide bonds. The highest BCUT2D eigenvalue weighted by Crippen LogP contribution is 2.33. The summed E-state index contributed by atoms with van der Waals surface area (Å²) in [6.07, 6.45) is 5.17. The van der Waals surface area contributed by atoms with Crippen LogP contribution in [-0.2, 0) is 15.9 Å². The van der Waals surface area contributed by atoms with Gasteiger partial charge in [-0.05, 0) is 78.0 Å². The Morgan fingerprint density at radius 3 is 2.40 bits per heavy atom. The quantitative estimate of drug-likeness (QED) is 0.307. The Labute approximate surface area is 251 Å². The van der Waals surface area contributed by atoms with Gasteiger partial charge >= 0.3 is 12.2 Å². The second-order valence-corrected chi connectivity index (χ2v) is 12.9. The number of furan rings is 1. The van der Waals surface area contributed by atoms with Crippen LogP contribution in [0.4, 0.5) is 26.8 Å². The molecule has 0 bridgehead atoms. The SMILES string of the molecule is CCc1cnc2c(C(=O)Nc3cnccc3N3CC(C)CC(NC(=O)OC(C)(C)C)C3)c(NC(=O)OC(C)(C)C)oc2c1. The number of pyridine rings is 2. The van der Waals surface area contributed by atoms with Gasteiger partial charge in [0, 0.05) is 31.5 Å². The number of rotatable bonds is 6. The lowest BCUT2D eigenvalue weighted by atomic mass is 9.95. The first kappa shape index (κ1) is 31.6. The molecule has 2 unspecified atom stereocenters. The summed E-state index contributed by atoms with van der Waals surface area (Å²) in [7, 11) is 0. The third kappa shape index (κ3) is 8.36. The van der Waals surface area contributed by atoms with Gasteiger partial charge in [0.2, 0.25) is 5.88 Å². The summed E-state index contributed by atoms with van der Waals surface area (Å²) in [5, 5.41) is 8.51. The van der Waals surface area contributed by atoms with E-state index in [0.717, 1.165) is 24.1 Å². The molecule has 3 N–H and O–H groups in total. The molecule has 4 heterocycles. The molecule has 0 aromatic carbocycles. The van der Waals surface area contributed by atoms with E-state index in [1.165, 1.54) is 0 Å². The fourth-order valence-corrected chi connectivity index (χ4v) is 4.98. The van der Waals surface area contributed by atoms with E-state index in [9.17, 15) is 14.4 Å². The lowest BCUT2D eigenvalue weighted by Crippen LogP contribution is -2.51. The number of carbonyl (C=O) groups excluding carboxylic acids is 3. The molecule has 1 fully saturated rings. The molecule has 0 spiro atoms. The van der Waals surface area contributed by atoms with Crippen LogP contribution in [0.25, 0.3) is 11.1 Å². The first-order valence-corrected chi connectivity index (χ1v) is 14.5. The topological polar surface area (TPSA) is 148 Å². The number of hydrogen-bond acceptors (Lipinski definition) is 9. The number of nitrogens with zero attached hydrogens (tertiary/aromatic N) is 3. The number of aromatic nitrogens is 2. The van der Waals surface area contributed by atoms with E-state index in [4.69, 9.17) is 13.9 Å². The number of nitrogens with one attached hydrogen (secondary N) is 3. The maximum atomic E-state index is 13.9. The predicted molar refractivity (Wildman–Crippen MR) is 165 cm³/mol.